The molecule has 5 heteroatoms. The molecule has 2 N–H and O–H groups in total. The fraction of sp³-hybridized carbons (Fsp3) is 0.588. The molecular formula is C17H25N3O2. The second kappa shape index (κ2) is 7.72. The monoisotopic (exact) mass is 303 g/mol. The fourth-order valence-corrected chi connectivity index (χ4v) is 3.08. The molecule has 2 saturated heterocycles. The van der Waals surface area contributed by atoms with E-state index in [1.165, 1.54) is 37.9 Å². The van der Waals surface area contributed by atoms with Gasteiger partial charge in [-0.1, -0.05) is 18.6 Å². The van der Waals surface area contributed by atoms with Crippen molar-refractivity contribution in [2.75, 3.05) is 38.1 Å². The summed E-state index contributed by atoms with van der Waals surface area (Å²) in [6.45, 7) is 5.31. The summed E-state index contributed by atoms with van der Waals surface area (Å²) >= 11 is 0. The van der Waals surface area contributed by atoms with Crippen molar-refractivity contribution in [2.45, 2.75) is 31.9 Å². The molecule has 1 unspecified atom stereocenters. The number of ether oxygens (including phenoxy) is 1. The highest BCUT2D eigenvalue weighted by molar-refractivity contribution is 5.94. The highest BCUT2D eigenvalue weighted by Crippen LogP contribution is 2.16. The van der Waals surface area contributed by atoms with Crippen LogP contribution in [0.15, 0.2) is 24.3 Å². The van der Waals surface area contributed by atoms with Gasteiger partial charge in [0.15, 0.2) is 0 Å². The zero-order valence-electron chi connectivity index (χ0n) is 13.0. The third kappa shape index (κ3) is 4.29. The van der Waals surface area contributed by atoms with Gasteiger partial charge in [0.2, 0.25) is 0 Å². The Morgan fingerprint density at radius 3 is 2.95 bits per heavy atom. The third-order valence-corrected chi connectivity index (χ3v) is 4.27. The Balaban J connectivity index is 1.57. The van der Waals surface area contributed by atoms with Crippen LogP contribution in [0.4, 0.5) is 5.69 Å². The molecule has 0 saturated carbocycles. The molecular weight excluding hydrogens is 278 g/mol. The summed E-state index contributed by atoms with van der Waals surface area (Å²) in [6.07, 6.45) is 3.55. The standard InChI is InChI=1S/C17H25N3O2/c21-17(16-12-18-7-10-22-16)19-15-6-4-5-14(11-15)13-20-8-2-1-3-9-20/h4-6,11,16,18H,1-3,7-10,12-13H2,(H,19,21). The van der Waals surface area contributed by atoms with Gasteiger partial charge in [-0.05, 0) is 43.6 Å². The zero-order chi connectivity index (χ0) is 15.2. The van der Waals surface area contributed by atoms with Crippen LogP contribution < -0.4 is 10.6 Å². The lowest BCUT2D eigenvalue weighted by atomic mass is 10.1. The van der Waals surface area contributed by atoms with E-state index in [0.717, 1.165) is 18.8 Å². The molecule has 2 aliphatic rings. The number of anilines is 1. The molecule has 120 valence electrons. The lowest BCUT2D eigenvalue weighted by Gasteiger charge is -2.26. The second-order valence-corrected chi connectivity index (χ2v) is 6.09. The Morgan fingerprint density at radius 2 is 2.18 bits per heavy atom. The molecule has 2 fully saturated rings. The van der Waals surface area contributed by atoms with Crippen LogP contribution in [-0.2, 0) is 16.1 Å². The Morgan fingerprint density at radius 1 is 1.32 bits per heavy atom. The number of carbonyl (C=O) groups excluding carboxylic acids is 1. The number of nitrogens with zero attached hydrogens (tertiary/aromatic N) is 1. The average molecular weight is 303 g/mol. The van der Waals surface area contributed by atoms with Gasteiger partial charge in [-0.25, -0.2) is 0 Å². The zero-order valence-corrected chi connectivity index (χ0v) is 13.0. The topological polar surface area (TPSA) is 53.6 Å². The number of carbonyl (C=O) groups is 1. The number of rotatable bonds is 4. The molecule has 2 heterocycles. The third-order valence-electron chi connectivity index (χ3n) is 4.27. The normalized spacial score (nSPS) is 23.2. The van der Waals surface area contributed by atoms with Gasteiger partial charge < -0.3 is 15.4 Å². The predicted octanol–water partition coefficient (Wildman–Crippen LogP) is 1.60. The highest BCUT2D eigenvalue weighted by Gasteiger charge is 2.21. The minimum Gasteiger partial charge on any atom is -0.366 e. The smallest absolute Gasteiger partial charge is 0.254 e. The van der Waals surface area contributed by atoms with E-state index in [0.29, 0.717) is 13.2 Å². The number of piperidine rings is 1. The fourth-order valence-electron chi connectivity index (χ4n) is 3.08. The van der Waals surface area contributed by atoms with Crippen LogP contribution in [0.2, 0.25) is 0 Å². The Hall–Kier alpha value is -1.43. The maximum Gasteiger partial charge on any atom is 0.254 e. The van der Waals surface area contributed by atoms with Gasteiger partial charge in [-0.15, -0.1) is 0 Å². The van der Waals surface area contributed by atoms with Crippen molar-refractivity contribution in [3.8, 4) is 0 Å². The van der Waals surface area contributed by atoms with Gasteiger partial charge >= 0.3 is 0 Å². The number of morpholine rings is 1. The van der Waals surface area contributed by atoms with E-state index < -0.39 is 0 Å². The summed E-state index contributed by atoms with van der Waals surface area (Å²) in [5.41, 5.74) is 2.11. The molecule has 1 aromatic carbocycles. The SMILES string of the molecule is O=C(Nc1cccc(CN2CCCCC2)c1)C1CNCCO1. The number of likely N-dealkylation sites (tertiary alicyclic amines) is 1. The molecule has 2 aliphatic heterocycles. The molecule has 0 radical (unpaired) electrons. The molecule has 0 aliphatic carbocycles. The van der Waals surface area contributed by atoms with Crippen LogP contribution in [0.3, 0.4) is 0 Å². The van der Waals surface area contributed by atoms with Crippen molar-refractivity contribution in [3.63, 3.8) is 0 Å². The van der Waals surface area contributed by atoms with Crippen LogP contribution in [-0.4, -0.2) is 49.7 Å². The first-order chi connectivity index (χ1) is 10.8. The minimum atomic E-state index is -0.389. The summed E-state index contributed by atoms with van der Waals surface area (Å²) in [5, 5.41) is 6.14. The minimum absolute atomic E-state index is 0.0673. The molecule has 1 atom stereocenters. The number of amides is 1. The average Bonchev–Trinajstić information content (AvgIpc) is 2.57. The number of hydrogen-bond donors (Lipinski definition) is 2. The van der Waals surface area contributed by atoms with Crippen molar-refractivity contribution in [2.24, 2.45) is 0 Å². The van der Waals surface area contributed by atoms with E-state index >= 15 is 0 Å². The van der Waals surface area contributed by atoms with Crippen molar-refractivity contribution < 1.29 is 9.53 Å². The van der Waals surface area contributed by atoms with Gasteiger partial charge in [0.05, 0.1) is 6.61 Å². The molecule has 1 aromatic rings. The van der Waals surface area contributed by atoms with Crippen LogP contribution >= 0.6 is 0 Å². The Bertz CT molecular complexity index is 494. The molecule has 3 rings (SSSR count). The van der Waals surface area contributed by atoms with Gasteiger partial charge in [0.1, 0.15) is 6.10 Å². The lowest BCUT2D eigenvalue weighted by Crippen LogP contribution is -2.45. The van der Waals surface area contributed by atoms with Crippen molar-refractivity contribution in [3.05, 3.63) is 29.8 Å². The van der Waals surface area contributed by atoms with E-state index in [9.17, 15) is 4.79 Å². The number of benzene rings is 1. The first-order valence-corrected chi connectivity index (χ1v) is 8.26. The maximum atomic E-state index is 12.2. The van der Waals surface area contributed by atoms with E-state index in [2.05, 4.69) is 27.7 Å². The van der Waals surface area contributed by atoms with Crippen molar-refractivity contribution >= 4 is 11.6 Å². The van der Waals surface area contributed by atoms with E-state index in [4.69, 9.17) is 4.74 Å². The van der Waals surface area contributed by atoms with E-state index in [-0.39, 0.29) is 12.0 Å². The van der Waals surface area contributed by atoms with Crippen molar-refractivity contribution in [1.82, 2.24) is 10.2 Å². The second-order valence-electron chi connectivity index (χ2n) is 6.09. The first kappa shape index (κ1) is 15.5. The molecule has 5 nitrogen and oxygen atoms in total. The van der Waals surface area contributed by atoms with Crippen LogP contribution in [0.5, 0.6) is 0 Å². The van der Waals surface area contributed by atoms with Gasteiger partial charge in [0, 0.05) is 25.3 Å². The molecule has 0 aromatic heterocycles. The number of hydrogen-bond acceptors (Lipinski definition) is 4. The van der Waals surface area contributed by atoms with Gasteiger partial charge in [-0.3, -0.25) is 9.69 Å². The largest absolute Gasteiger partial charge is 0.366 e. The Labute approximate surface area is 132 Å². The van der Waals surface area contributed by atoms with E-state index in [1.807, 2.05) is 12.1 Å². The van der Waals surface area contributed by atoms with Crippen LogP contribution in [0.1, 0.15) is 24.8 Å². The molecule has 22 heavy (non-hydrogen) atoms. The Kier molecular flexibility index (Phi) is 5.43. The highest BCUT2D eigenvalue weighted by atomic mass is 16.5. The molecule has 0 spiro atoms. The number of nitrogens with one attached hydrogen (secondary N) is 2. The summed E-state index contributed by atoms with van der Waals surface area (Å²) < 4.78 is 5.48. The summed E-state index contributed by atoms with van der Waals surface area (Å²) in [4.78, 5) is 14.7. The summed E-state index contributed by atoms with van der Waals surface area (Å²) in [7, 11) is 0. The predicted molar refractivity (Wildman–Crippen MR) is 86.8 cm³/mol. The lowest BCUT2D eigenvalue weighted by molar-refractivity contribution is -0.128. The first-order valence-electron chi connectivity index (χ1n) is 8.26. The molecule has 0 bridgehead atoms. The van der Waals surface area contributed by atoms with Crippen LogP contribution in [0.25, 0.3) is 0 Å². The molecule has 1 amide bonds. The van der Waals surface area contributed by atoms with Crippen molar-refractivity contribution in [1.29, 1.82) is 0 Å². The van der Waals surface area contributed by atoms with Gasteiger partial charge in [-0.2, -0.15) is 0 Å². The summed E-state index contributed by atoms with van der Waals surface area (Å²) in [6, 6.07) is 8.15. The quantitative estimate of drug-likeness (QED) is 0.887. The van der Waals surface area contributed by atoms with Crippen LogP contribution in [0, 0.1) is 0 Å². The van der Waals surface area contributed by atoms with E-state index in [1.54, 1.807) is 0 Å². The van der Waals surface area contributed by atoms with Gasteiger partial charge in [0.25, 0.3) is 5.91 Å². The maximum absolute atomic E-state index is 12.2. The summed E-state index contributed by atoms with van der Waals surface area (Å²) in [5.74, 6) is -0.0673.